The fourth-order valence-electron chi connectivity index (χ4n) is 1.70. The second-order valence-corrected chi connectivity index (χ2v) is 5.05. The van der Waals surface area contributed by atoms with Crippen molar-refractivity contribution >= 4 is 27.3 Å². The van der Waals surface area contributed by atoms with Gasteiger partial charge in [-0.2, -0.15) is 13.2 Å². The molecule has 18 heavy (non-hydrogen) atoms. The Morgan fingerprint density at radius 2 is 1.94 bits per heavy atom. The molecule has 2 N–H and O–H groups in total. The second-order valence-electron chi connectivity index (χ2n) is 4.20. The van der Waals surface area contributed by atoms with Gasteiger partial charge in [0.05, 0.1) is 5.69 Å². The lowest BCUT2D eigenvalue weighted by Crippen LogP contribution is -2.35. The van der Waals surface area contributed by atoms with E-state index in [1.807, 2.05) is 6.92 Å². The van der Waals surface area contributed by atoms with E-state index in [0.29, 0.717) is 28.8 Å². The molecule has 0 saturated carbocycles. The van der Waals surface area contributed by atoms with Gasteiger partial charge in [-0.25, -0.2) is 0 Å². The van der Waals surface area contributed by atoms with Crippen molar-refractivity contribution in [2.45, 2.75) is 26.4 Å². The number of nitrogen functional groups attached to an aromatic ring is 1. The molecule has 0 aliphatic heterocycles. The first-order chi connectivity index (χ1) is 8.24. The number of rotatable bonds is 4. The lowest BCUT2D eigenvalue weighted by Gasteiger charge is -2.27. The molecule has 0 radical (unpaired) electrons. The SMILES string of the molecule is CCCN(CC(F)(F)F)c1cc(C)c(N)cc1Br. The molecule has 1 aromatic carbocycles. The van der Waals surface area contributed by atoms with Crippen molar-refractivity contribution < 1.29 is 13.2 Å². The summed E-state index contributed by atoms with van der Waals surface area (Å²) in [6.45, 7) is 3.02. The molecule has 0 spiro atoms. The van der Waals surface area contributed by atoms with Gasteiger partial charge < -0.3 is 10.6 Å². The highest BCUT2D eigenvalue weighted by atomic mass is 79.9. The molecule has 2 nitrogen and oxygen atoms in total. The van der Waals surface area contributed by atoms with E-state index in [0.717, 1.165) is 5.56 Å². The third kappa shape index (κ3) is 4.08. The standard InChI is InChI=1S/C12H16BrF3N2/c1-3-4-18(7-12(14,15)16)11-5-8(2)10(17)6-9(11)13/h5-6H,3-4,7,17H2,1-2H3. The van der Waals surface area contributed by atoms with Crippen molar-refractivity contribution in [3.05, 3.63) is 22.2 Å². The number of benzene rings is 1. The Labute approximate surface area is 113 Å². The van der Waals surface area contributed by atoms with Crippen molar-refractivity contribution in [2.24, 2.45) is 0 Å². The molecule has 0 aromatic heterocycles. The molecule has 0 saturated heterocycles. The molecule has 1 rings (SSSR count). The van der Waals surface area contributed by atoms with Gasteiger partial charge in [-0.05, 0) is 47.0 Å². The van der Waals surface area contributed by atoms with Crippen molar-refractivity contribution in [3.8, 4) is 0 Å². The zero-order chi connectivity index (χ0) is 13.9. The predicted octanol–water partition coefficient (Wildman–Crippen LogP) is 4.12. The Balaban J connectivity index is 3.09. The summed E-state index contributed by atoms with van der Waals surface area (Å²) in [5.41, 5.74) is 7.59. The third-order valence-electron chi connectivity index (χ3n) is 2.54. The minimum atomic E-state index is -4.22. The summed E-state index contributed by atoms with van der Waals surface area (Å²) >= 11 is 3.27. The largest absolute Gasteiger partial charge is 0.405 e. The van der Waals surface area contributed by atoms with E-state index in [1.165, 1.54) is 4.90 Å². The Bertz CT molecular complexity index is 419. The molecule has 0 aliphatic rings. The molecule has 1 aromatic rings. The quantitative estimate of drug-likeness (QED) is 0.844. The lowest BCUT2D eigenvalue weighted by molar-refractivity contribution is -0.119. The summed E-state index contributed by atoms with van der Waals surface area (Å²) in [4.78, 5) is 1.32. The molecule has 0 amide bonds. The van der Waals surface area contributed by atoms with E-state index in [1.54, 1.807) is 19.1 Å². The van der Waals surface area contributed by atoms with Crippen molar-refractivity contribution in [2.75, 3.05) is 23.7 Å². The Morgan fingerprint density at radius 3 is 2.44 bits per heavy atom. The molecule has 0 fully saturated rings. The lowest BCUT2D eigenvalue weighted by atomic mass is 10.1. The van der Waals surface area contributed by atoms with Crippen molar-refractivity contribution in [1.82, 2.24) is 0 Å². The summed E-state index contributed by atoms with van der Waals surface area (Å²) in [5, 5.41) is 0. The minimum Gasteiger partial charge on any atom is -0.398 e. The average molecular weight is 325 g/mol. The van der Waals surface area contributed by atoms with Crippen LogP contribution in [0.1, 0.15) is 18.9 Å². The number of nitrogens with two attached hydrogens (primary N) is 1. The number of hydrogen-bond acceptors (Lipinski definition) is 2. The first kappa shape index (κ1) is 15.1. The Morgan fingerprint density at radius 1 is 1.33 bits per heavy atom. The zero-order valence-corrected chi connectivity index (χ0v) is 11.9. The van der Waals surface area contributed by atoms with Gasteiger partial charge in [0, 0.05) is 16.7 Å². The van der Waals surface area contributed by atoms with Gasteiger partial charge in [0.2, 0.25) is 0 Å². The van der Waals surface area contributed by atoms with Crippen LogP contribution >= 0.6 is 15.9 Å². The van der Waals surface area contributed by atoms with Crippen LogP contribution in [0.25, 0.3) is 0 Å². The fourth-order valence-corrected chi connectivity index (χ4v) is 2.31. The van der Waals surface area contributed by atoms with E-state index in [4.69, 9.17) is 5.73 Å². The first-order valence-electron chi connectivity index (χ1n) is 5.62. The second kappa shape index (κ2) is 5.82. The summed E-state index contributed by atoms with van der Waals surface area (Å²) < 4.78 is 38.2. The monoisotopic (exact) mass is 324 g/mol. The molecule has 0 aliphatic carbocycles. The Kier molecular flexibility index (Phi) is 4.90. The van der Waals surface area contributed by atoms with Crippen LogP contribution < -0.4 is 10.6 Å². The molecule has 0 unspecified atom stereocenters. The topological polar surface area (TPSA) is 29.3 Å². The smallest absolute Gasteiger partial charge is 0.398 e. The maximum Gasteiger partial charge on any atom is 0.405 e. The van der Waals surface area contributed by atoms with Crippen LogP contribution in [0, 0.1) is 6.92 Å². The minimum absolute atomic E-state index is 0.349. The van der Waals surface area contributed by atoms with Crippen molar-refractivity contribution in [3.63, 3.8) is 0 Å². The zero-order valence-electron chi connectivity index (χ0n) is 10.3. The molecule has 0 heterocycles. The highest BCUT2D eigenvalue weighted by molar-refractivity contribution is 9.10. The van der Waals surface area contributed by atoms with Gasteiger partial charge in [-0.1, -0.05) is 6.92 Å². The Hall–Kier alpha value is -0.910. The fraction of sp³-hybridized carbons (Fsp3) is 0.500. The number of nitrogens with zero attached hydrogens (tertiary/aromatic N) is 1. The average Bonchev–Trinajstić information content (AvgIpc) is 2.21. The molecule has 6 heteroatoms. The van der Waals surface area contributed by atoms with Crippen LogP contribution in [0.15, 0.2) is 16.6 Å². The van der Waals surface area contributed by atoms with Gasteiger partial charge in [-0.3, -0.25) is 0 Å². The highest BCUT2D eigenvalue weighted by Gasteiger charge is 2.31. The number of alkyl halides is 3. The van der Waals surface area contributed by atoms with Crippen LogP contribution in [0.5, 0.6) is 0 Å². The first-order valence-corrected chi connectivity index (χ1v) is 6.41. The van der Waals surface area contributed by atoms with E-state index < -0.39 is 12.7 Å². The van der Waals surface area contributed by atoms with Crippen LogP contribution in [0.2, 0.25) is 0 Å². The third-order valence-corrected chi connectivity index (χ3v) is 3.18. The molecular formula is C12H16BrF3N2. The highest BCUT2D eigenvalue weighted by Crippen LogP contribution is 2.32. The van der Waals surface area contributed by atoms with Crippen LogP contribution in [-0.2, 0) is 0 Å². The van der Waals surface area contributed by atoms with E-state index in [2.05, 4.69) is 15.9 Å². The number of hydrogen-bond donors (Lipinski definition) is 1. The maximum absolute atomic E-state index is 12.5. The van der Waals surface area contributed by atoms with Gasteiger partial charge in [0.1, 0.15) is 6.54 Å². The van der Waals surface area contributed by atoms with Gasteiger partial charge in [0.25, 0.3) is 0 Å². The summed E-state index contributed by atoms with van der Waals surface area (Å²) in [6.07, 6.45) is -3.57. The number of halogens is 4. The van der Waals surface area contributed by atoms with Gasteiger partial charge in [0.15, 0.2) is 0 Å². The maximum atomic E-state index is 12.5. The summed E-state index contributed by atoms with van der Waals surface area (Å²) in [7, 11) is 0. The summed E-state index contributed by atoms with van der Waals surface area (Å²) in [6, 6.07) is 3.32. The number of aryl methyl sites for hydroxylation is 1. The van der Waals surface area contributed by atoms with Crippen LogP contribution in [-0.4, -0.2) is 19.3 Å². The van der Waals surface area contributed by atoms with E-state index in [-0.39, 0.29) is 0 Å². The van der Waals surface area contributed by atoms with Crippen LogP contribution in [0.3, 0.4) is 0 Å². The predicted molar refractivity (Wildman–Crippen MR) is 71.9 cm³/mol. The van der Waals surface area contributed by atoms with E-state index in [9.17, 15) is 13.2 Å². The molecule has 0 bridgehead atoms. The van der Waals surface area contributed by atoms with Gasteiger partial charge >= 0.3 is 6.18 Å². The van der Waals surface area contributed by atoms with Crippen LogP contribution in [0.4, 0.5) is 24.5 Å². The van der Waals surface area contributed by atoms with E-state index >= 15 is 0 Å². The normalized spacial score (nSPS) is 11.7. The summed E-state index contributed by atoms with van der Waals surface area (Å²) in [5.74, 6) is 0. The van der Waals surface area contributed by atoms with Crippen molar-refractivity contribution in [1.29, 1.82) is 0 Å². The van der Waals surface area contributed by atoms with Gasteiger partial charge in [-0.15, -0.1) is 0 Å². The number of anilines is 2. The molecule has 102 valence electrons. The molecule has 0 atom stereocenters. The molecular weight excluding hydrogens is 309 g/mol.